The number of pyridine rings is 1. The van der Waals surface area contributed by atoms with Gasteiger partial charge in [-0.3, -0.25) is 4.98 Å². The van der Waals surface area contributed by atoms with Gasteiger partial charge in [-0.1, -0.05) is 22.0 Å². The first-order valence-corrected chi connectivity index (χ1v) is 6.94. The third kappa shape index (κ3) is 3.44. The van der Waals surface area contributed by atoms with Gasteiger partial charge in [0.2, 0.25) is 0 Å². The number of halogens is 3. The van der Waals surface area contributed by atoms with Crippen LogP contribution in [-0.2, 0) is 5.88 Å². The average molecular weight is 377 g/mol. The number of benzene rings is 1. The largest absolute Gasteiger partial charge is 0.455 e. The molecule has 1 aromatic heterocycles. The summed E-state index contributed by atoms with van der Waals surface area (Å²) in [6.07, 6.45) is 3.36. The maximum Gasteiger partial charge on any atom is 0.146 e. The minimum absolute atomic E-state index is 0.407. The molecule has 0 aliphatic carbocycles. The molecule has 17 heavy (non-hydrogen) atoms. The van der Waals surface area contributed by atoms with Crippen LogP contribution < -0.4 is 4.74 Å². The predicted octanol–water partition coefficient (Wildman–Crippen LogP) is 5.14. The van der Waals surface area contributed by atoms with Crippen LogP contribution >= 0.6 is 43.5 Å². The van der Waals surface area contributed by atoms with E-state index in [1.165, 1.54) is 0 Å². The second-order valence-corrected chi connectivity index (χ2v) is 5.43. The Morgan fingerprint density at radius 2 is 1.94 bits per heavy atom. The van der Waals surface area contributed by atoms with Crippen molar-refractivity contribution >= 4 is 43.5 Å². The molecule has 0 aliphatic heterocycles. The van der Waals surface area contributed by atoms with Crippen molar-refractivity contribution in [2.24, 2.45) is 0 Å². The van der Waals surface area contributed by atoms with E-state index < -0.39 is 0 Å². The lowest BCUT2D eigenvalue weighted by atomic mass is 10.2. The van der Waals surface area contributed by atoms with Crippen LogP contribution in [-0.4, -0.2) is 4.98 Å². The Hall–Kier alpha value is -0.580. The number of aromatic nitrogens is 1. The Morgan fingerprint density at radius 1 is 1.12 bits per heavy atom. The number of ether oxygens (including phenoxy) is 1. The molecule has 0 unspecified atom stereocenters. The zero-order chi connectivity index (χ0) is 12.3. The second kappa shape index (κ2) is 5.85. The van der Waals surface area contributed by atoms with Gasteiger partial charge in [0.25, 0.3) is 0 Å². The van der Waals surface area contributed by atoms with Crippen molar-refractivity contribution in [3.05, 3.63) is 51.2 Å². The molecule has 0 saturated heterocycles. The van der Waals surface area contributed by atoms with E-state index in [1.807, 2.05) is 24.3 Å². The molecule has 0 amide bonds. The van der Waals surface area contributed by atoms with Gasteiger partial charge in [-0.2, -0.15) is 0 Å². The van der Waals surface area contributed by atoms with E-state index in [9.17, 15) is 0 Å². The highest BCUT2D eigenvalue weighted by Gasteiger charge is 2.05. The summed E-state index contributed by atoms with van der Waals surface area (Å²) in [7, 11) is 0. The van der Waals surface area contributed by atoms with Gasteiger partial charge in [-0.25, -0.2) is 0 Å². The SMILES string of the molecule is ClCc1ccc(Br)cc1Oc1cncc(Br)c1. The standard InChI is InChI=1S/C12H8Br2ClNO/c13-9-2-1-8(5-15)12(4-9)17-11-3-10(14)6-16-7-11/h1-4,6-7H,5H2. The maximum absolute atomic E-state index is 5.86. The lowest BCUT2D eigenvalue weighted by Crippen LogP contribution is -1.90. The fourth-order valence-corrected chi connectivity index (χ4v) is 2.21. The summed E-state index contributed by atoms with van der Waals surface area (Å²) < 4.78 is 7.58. The molecule has 0 aliphatic rings. The van der Waals surface area contributed by atoms with Crippen LogP contribution in [0, 0.1) is 0 Å². The summed E-state index contributed by atoms with van der Waals surface area (Å²) >= 11 is 12.6. The first-order chi connectivity index (χ1) is 8.19. The Morgan fingerprint density at radius 3 is 2.65 bits per heavy atom. The van der Waals surface area contributed by atoms with Crippen LogP contribution in [0.3, 0.4) is 0 Å². The Labute approximate surface area is 121 Å². The normalized spacial score (nSPS) is 10.3. The number of rotatable bonds is 3. The number of alkyl halides is 1. The van der Waals surface area contributed by atoms with Gasteiger partial charge in [-0.15, -0.1) is 11.6 Å². The second-order valence-electron chi connectivity index (χ2n) is 3.33. The molecule has 0 bridgehead atoms. The van der Waals surface area contributed by atoms with Gasteiger partial charge >= 0.3 is 0 Å². The van der Waals surface area contributed by atoms with Gasteiger partial charge in [0, 0.05) is 20.7 Å². The topological polar surface area (TPSA) is 22.1 Å². The first kappa shape index (κ1) is 12.9. The summed E-state index contributed by atoms with van der Waals surface area (Å²) in [6, 6.07) is 7.60. The first-order valence-electron chi connectivity index (χ1n) is 4.82. The molecule has 0 atom stereocenters. The minimum atomic E-state index is 0.407. The van der Waals surface area contributed by atoms with Crippen LogP contribution in [0.2, 0.25) is 0 Å². The van der Waals surface area contributed by atoms with Gasteiger partial charge in [0.05, 0.1) is 12.1 Å². The molecule has 0 radical (unpaired) electrons. The van der Waals surface area contributed by atoms with Crippen LogP contribution in [0.25, 0.3) is 0 Å². The molecule has 1 heterocycles. The van der Waals surface area contributed by atoms with E-state index in [2.05, 4.69) is 36.8 Å². The monoisotopic (exact) mass is 375 g/mol. The Kier molecular flexibility index (Phi) is 4.42. The summed E-state index contributed by atoms with van der Waals surface area (Å²) in [6.45, 7) is 0. The zero-order valence-corrected chi connectivity index (χ0v) is 12.6. The highest BCUT2D eigenvalue weighted by molar-refractivity contribution is 9.10. The summed E-state index contributed by atoms with van der Waals surface area (Å²) in [4.78, 5) is 4.04. The van der Waals surface area contributed by atoms with E-state index >= 15 is 0 Å². The van der Waals surface area contributed by atoms with E-state index in [-0.39, 0.29) is 0 Å². The van der Waals surface area contributed by atoms with Crippen molar-refractivity contribution in [2.75, 3.05) is 0 Å². The third-order valence-electron chi connectivity index (χ3n) is 2.08. The molecule has 2 nitrogen and oxygen atoms in total. The maximum atomic E-state index is 5.86. The molecule has 88 valence electrons. The van der Waals surface area contributed by atoms with Crippen molar-refractivity contribution in [1.82, 2.24) is 4.98 Å². The molecule has 0 fully saturated rings. The van der Waals surface area contributed by atoms with Crippen molar-refractivity contribution in [3.8, 4) is 11.5 Å². The highest BCUT2D eigenvalue weighted by atomic mass is 79.9. The summed E-state index contributed by atoms with van der Waals surface area (Å²) in [5.74, 6) is 1.81. The molecule has 0 spiro atoms. The molecule has 5 heteroatoms. The number of hydrogen-bond acceptors (Lipinski definition) is 2. The quantitative estimate of drug-likeness (QED) is 0.691. The predicted molar refractivity (Wildman–Crippen MR) is 75.7 cm³/mol. The Bertz CT molecular complexity index is 534. The van der Waals surface area contributed by atoms with Crippen LogP contribution in [0.15, 0.2) is 45.6 Å². The third-order valence-corrected chi connectivity index (χ3v) is 3.30. The summed E-state index contributed by atoms with van der Waals surface area (Å²) in [5.41, 5.74) is 0.940. The van der Waals surface area contributed by atoms with Gasteiger partial charge in [-0.05, 0) is 34.1 Å². The van der Waals surface area contributed by atoms with E-state index in [4.69, 9.17) is 16.3 Å². The average Bonchev–Trinajstić information content (AvgIpc) is 2.29. The number of hydrogen-bond donors (Lipinski definition) is 0. The van der Waals surface area contributed by atoms with Crippen molar-refractivity contribution in [2.45, 2.75) is 5.88 Å². The minimum Gasteiger partial charge on any atom is -0.455 e. The van der Waals surface area contributed by atoms with Crippen molar-refractivity contribution in [3.63, 3.8) is 0 Å². The van der Waals surface area contributed by atoms with Gasteiger partial charge in [0.1, 0.15) is 11.5 Å². The molecule has 1 aromatic carbocycles. The lowest BCUT2D eigenvalue weighted by Gasteiger charge is -2.09. The summed E-state index contributed by atoms with van der Waals surface area (Å²) in [5, 5.41) is 0. The molecule has 2 rings (SSSR count). The van der Waals surface area contributed by atoms with Crippen molar-refractivity contribution < 1.29 is 4.74 Å². The van der Waals surface area contributed by atoms with Crippen LogP contribution in [0.4, 0.5) is 0 Å². The fourth-order valence-electron chi connectivity index (χ4n) is 1.31. The van der Waals surface area contributed by atoms with Gasteiger partial charge < -0.3 is 4.74 Å². The number of nitrogens with zero attached hydrogens (tertiary/aromatic N) is 1. The Balaban J connectivity index is 2.32. The van der Waals surface area contributed by atoms with E-state index in [0.717, 1.165) is 20.3 Å². The van der Waals surface area contributed by atoms with E-state index in [0.29, 0.717) is 11.6 Å². The lowest BCUT2D eigenvalue weighted by molar-refractivity contribution is 0.475. The molecular formula is C12H8Br2ClNO. The zero-order valence-electron chi connectivity index (χ0n) is 8.66. The highest BCUT2D eigenvalue weighted by Crippen LogP contribution is 2.30. The molecule has 0 saturated carbocycles. The van der Waals surface area contributed by atoms with Crippen LogP contribution in [0.5, 0.6) is 11.5 Å². The fraction of sp³-hybridized carbons (Fsp3) is 0.0833. The molecule has 2 aromatic rings. The smallest absolute Gasteiger partial charge is 0.146 e. The van der Waals surface area contributed by atoms with E-state index in [1.54, 1.807) is 12.4 Å². The van der Waals surface area contributed by atoms with Gasteiger partial charge in [0.15, 0.2) is 0 Å². The molecular weight excluding hydrogens is 369 g/mol. The van der Waals surface area contributed by atoms with Crippen molar-refractivity contribution in [1.29, 1.82) is 0 Å². The molecule has 0 N–H and O–H groups in total. The van der Waals surface area contributed by atoms with Crippen LogP contribution in [0.1, 0.15) is 5.56 Å².